The van der Waals surface area contributed by atoms with Gasteiger partial charge in [0, 0.05) is 17.3 Å². The normalized spacial score (nSPS) is 53.7. The molecule has 2 spiro atoms. The van der Waals surface area contributed by atoms with Crippen LogP contribution in [0.2, 0.25) is 0 Å². The monoisotopic (exact) mass is 436 g/mol. The van der Waals surface area contributed by atoms with E-state index in [1.165, 1.54) is 12.8 Å². The van der Waals surface area contributed by atoms with E-state index in [-0.39, 0.29) is 28.1 Å². The van der Waals surface area contributed by atoms with Crippen LogP contribution in [-0.4, -0.2) is 48.7 Å². The summed E-state index contributed by atoms with van der Waals surface area (Å²) in [5.41, 5.74) is -0.156. The molecule has 0 N–H and O–H groups in total. The fraction of sp³-hybridized carbons (Fsp3) is 1.00. The Morgan fingerprint density at radius 2 is 1.45 bits per heavy atom. The third kappa shape index (κ3) is 3.28. The van der Waals surface area contributed by atoms with Gasteiger partial charge in [-0.1, -0.05) is 20.8 Å². The van der Waals surface area contributed by atoms with Crippen molar-refractivity contribution in [2.24, 2.45) is 22.7 Å². The minimum atomic E-state index is -0.525. The molecule has 0 amide bonds. The second-order valence-electron chi connectivity index (χ2n) is 12.7. The standard InChI is InChI=1S/C26H44O5/c1-18-8-9-19-23(6)16-28-22(4,5)30-20(23)10-11-24(19,7)26(18)13-12-25(31-26)14-15-27-21(2,3)29-17-25/h18-20H,8-17H2,1-7H3/t18?,19?,20?,23?,24-,25?,26+/m0/s1. The van der Waals surface area contributed by atoms with Crippen molar-refractivity contribution in [2.75, 3.05) is 19.8 Å². The number of ether oxygens (including phenoxy) is 5. The van der Waals surface area contributed by atoms with Gasteiger partial charge in [-0.25, -0.2) is 0 Å². The average molecular weight is 437 g/mol. The molecule has 178 valence electrons. The van der Waals surface area contributed by atoms with Gasteiger partial charge < -0.3 is 23.7 Å². The van der Waals surface area contributed by atoms with Crippen LogP contribution in [0.25, 0.3) is 0 Å². The molecule has 0 aromatic heterocycles. The van der Waals surface area contributed by atoms with Gasteiger partial charge in [0.25, 0.3) is 0 Å². The van der Waals surface area contributed by atoms with Crippen molar-refractivity contribution in [1.82, 2.24) is 0 Å². The molecule has 3 saturated heterocycles. The molecule has 7 atom stereocenters. The van der Waals surface area contributed by atoms with Crippen LogP contribution in [-0.2, 0) is 23.7 Å². The predicted molar refractivity (Wildman–Crippen MR) is 119 cm³/mol. The first-order valence-electron chi connectivity index (χ1n) is 12.7. The second-order valence-corrected chi connectivity index (χ2v) is 12.7. The molecule has 31 heavy (non-hydrogen) atoms. The van der Waals surface area contributed by atoms with E-state index in [2.05, 4.69) is 34.6 Å². The highest BCUT2D eigenvalue weighted by atomic mass is 16.7. The molecular weight excluding hydrogens is 392 g/mol. The Kier molecular flexibility index (Phi) is 5.04. The molecule has 0 bridgehead atoms. The number of hydrogen-bond acceptors (Lipinski definition) is 5. The van der Waals surface area contributed by atoms with Gasteiger partial charge in [0.05, 0.1) is 37.1 Å². The average Bonchev–Trinajstić information content (AvgIpc) is 3.00. The Morgan fingerprint density at radius 1 is 0.710 bits per heavy atom. The first-order valence-corrected chi connectivity index (χ1v) is 12.7. The topological polar surface area (TPSA) is 46.2 Å². The highest BCUT2D eigenvalue weighted by molar-refractivity contribution is 5.18. The van der Waals surface area contributed by atoms with Crippen LogP contribution in [0, 0.1) is 22.7 Å². The lowest BCUT2D eigenvalue weighted by Crippen LogP contribution is -2.69. The molecule has 0 radical (unpaired) electrons. The van der Waals surface area contributed by atoms with Crippen LogP contribution in [0.15, 0.2) is 0 Å². The van der Waals surface area contributed by atoms with E-state index in [1.807, 2.05) is 13.8 Å². The molecule has 5 heteroatoms. The fourth-order valence-electron chi connectivity index (χ4n) is 8.18. The van der Waals surface area contributed by atoms with Gasteiger partial charge in [-0.2, -0.15) is 0 Å². The Morgan fingerprint density at radius 3 is 2.23 bits per heavy atom. The van der Waals surface area contributed by atoms with Gasteiger partial charge in [-0.05, 0) is 78.1 Å². The minimum absolute atomic E-state index is 0.0415. The van der Waals surface area contributed by atoms with Crippen LogP contribution in [0.3, 0.4) is 0 Å². The highest BCUT2D eigenvalue weighted by Crippen LogP contribution is 2.69. The number of rotatable bonds is 0. The first-order chi connectivity index (χ1) is 14.4. The summed E-state index contributed by atoms with van der Waals surface area (Å²) in [6.07, 6.45) is 8.09. The lowest BCUT2D eigenvalue weighted by Gasteiger charge is -2.67. The molecule has 3 aliphatic heterocycles. The predicted octanol–water partition coefficient (Wildman–Crippen LogP) is 5.45. The third-order valence-corrected chi connectivity index (χ3v) is 10.1. The van der Waals surface area contributed by atoms with E-state index < -0.39 is 11.6 Å². The van der Waals surface area contributed by atoms with Crippen molar-refractivity contribution in [3.8, 4) is 0 Å². The first kappa shape index (κ1) is 22.6. The van der Waals surface area contributed by atoms with Crippen LogP contribution in [0.4, 0.5) is 0 Å². The molecule has 5 aliphatic rings. The molecule has 5 rings (SSSR count). The van der Waals surface area contributed by atoms with E-state index in [9.17, 15) is 0 Å². The van der Waals surface area contributed by atoms with E-state index in [0.29, 0.717) is 25.0 Å². The summed E-state index contributed by atoms with van der Waals surface area (Å²) >= 11 is 0. The molecule has 2 saturated carbocycles. The van der Waals surface area contributed by atoms with Gasteiger partial charge in [0.15, 0.2) is 11.6 Å². The Hall–Kier alpha value is -0.200. The molecule has 0 aromatic rings. The van der Waals surface area contributed by atoms with E-state index in [0.717, 1.165) is 38.7 Å². The molecule has 0 aromatic carbocycles. The van der Waals surface area contributed by atoms with Gasteiger partial charge in [-0.15, -0.1) is 0 Å². The summed E-state index contributed by atoms with van der Waals surface area (Å²) in [5.74, 6) is 0.0890. The van der Waals surface area contributed by atoms with Gasteiger partial charge >= 0.3 is 0 Å². The quantitative estimate of drug-likeness (QED) is 0.505. The Labute approximate surface area is 188 Å². The van der Waals surface area contributed by atoms with Gasteiger partial charge in [-0.3, -0.25) is 0 Å². The summed E-state index contributed by atoms with van der Waals surface area (Å²) in [6, 6.07) is 0. The van der Waals surface area contributed by atoms with Crippen LogP contribution >= 0.6 is 0 Å². The highest BCUT2D eigenvalue weighted by Gasteiger charge is 2.70. The third-order valence-electron chi connectivity index (χ3n) is 10.1. The molecule has 5 fully saturated rings. The fourth-order valence-corrected chi connectivity index (χ4v) is 8.18. The van der Waals surface area contributed by atoms with Crippen LogP contribution in [0.5, 0.6) is 0 Å². The molecular formula is C26H44O5. The van der Waals surface area contributed by atoms with Crippen molar-refractivity contribution in [2.45, 2.75) is 122 Å². The van der Waals surface area contributed by atoms with E-state index in [4.69, 9.17) is 23.7 Å². The van der Waals surface area contributed by atoms with Crippen molar-refractivity contribution in [3.05, 3.63) is 0 Å². The zero-order valence-corrected chi connectivity index (χ0v) is 20.8. The SMILES string of the molecule is CC1CCC2C3(C)COC(C)(C)OC3CC[C@]2(C)[C@@]12CCC1(CCOC(C)(C)OC1)O2. The zero-order chi connectivity index (χ0) is 22.3. The van der Waals surface area contributed by atoms with Crippen LogP contribution < -0.4 is 0 Å². The van der Waals surface area contributed by atoms with E-state index in [1.54, 1.807) is 0 Å². The number of fused-ring (bicyclic) bond motifs is 4. The summed E-state index contributed by atoms with van der Waals surface area (Å²) in [4.78, 5) is 0. The summed E-state index contributed by atoms with van der Waals surface area (Å²) in [6.45, 7) is 17.7. The maximum Gasteiger partial charge on any atom is 0.163 e. The van der Waals surface area contributed by atoms with E-state index >= 15 is 0 Å². The second kappa shape index (κ2) is 6.91. The van der Waals surface area contributed by atoms with Crippen molar-refractivity contribution < 1.29 is 23.7 Å². The molecule has 5 nitrogen and oxygen atoms in total. The summed E-state index contributed by atoms with van der Waals surface area (Å²) < 4.78 is 32.3. The molecule has 2 aliphatic carbocycles. The smallest absolute Gasteiger partial charge is 0.163 e. The van der Waals surface area contributed by atoms with Gasteiger partial charge in [0.1, 0.15) is 0 Å². The Bertz CT molecular complexity index is 721. The van der Waals surface area contributed by atoms with Crippen LogP contribution in [0.1, 0.15) is 93.4 Å². The maximum absolute atomic E-state index is 7.36. The molecule has 5 unspecified atom stereocenters. The summed E-state index contributed by atoms with van der Waals surface area (Å²) in [5, 5.41) is 0. The largest absolute Gasteiger partial charge is 0.365 e. The lowest BCUT2D eigenvalue weighted by atomic mass is 9.43. The number of hydrogen-bond donors (Lipinski definition) is 0. The maximum atomic E-state index is 7.36. The Balaban J connectivity index is 1.47. The minimum Gasteiger partial charge on any atom is -0.365 e. The lowest BCUT2D eigenvalue weighted by molar-refractivity contribution is -0.359. The van der Waals surface area contributed by atoms with Crippen molar-refractivity contribution >= 4 is 0 Å². The molecule has 3 heterocycles. The summed E-state index contributed by atoms with van der Waals surface area (Å²) in [7, 11) is 0. The van der Waals surface area contributed by atoms with Crippen molar-refractivity contribution in [3.63, 3.8) is 0 Å². The van der Waals surface area contributed by atoms with Crippen molar-refractivity contribution in [1.29, 1.82) is 0 Å². The zero-order valence-electron chi connectivity index (χ0n) is 20.8. The van der Waals surface area contributed by atoms with Gasteiger partial charge in [0.2, 0.25) is 0 Å².